The zero-order valence-electron chi connectivity index (χ0n) is 6.96. The second-order valence-corrected chi connectivity index (χ2v) is 2.06. The third-order valence-electron chi connectivity index (χ3n) is 1.03. The minimum absolute atomic E-state index is 1.05. The predicted octanol–water partition coefficient (Wildman–Crippen LogP) is 2.95. The Balaban J connectivity index is 3.79. The number of aliphatic imine (C=N–C) groups is 1. The lowest BCUT2D eigenvalue weighted by Gasteiger charge is -1.84. The Morgan fingerprint density at radius 3 is 2.70 bits per heavy atom. The molecule has 1 heteroatoms. The number of rotatable bonds is 3. The fraction of sp³-hybridized carbons (Fsp3) is 0.444. The van der Waals surface area contributed by atoms with Crippen molar-refractivity contribution in [3.63, 3.8) is 0 Å². The molecule has 0 saturated carbocycles. The molecular weight excluding hydrogens is 122 g/mol. The van der Waals surface area contributed by atoms with Gasteiger partial charge in [-0.2, -0.15) is 0 Å². The summed E-state index contributed by atoms with van der Waals surface area (Å²) in [5.41, 5.74) is 1.05. The van der Waals surface area contributed by atoms with Gasteiger partial charge in [-0.15, -0.1) is 0 Å². The van der Waals surface area contributed by atoms with E-state index in [4.69, 9.17) is 0 Å². The lowest BCUT2D eigenvalue weighted by atomic mass is 10.4. The molecule has 0 aromatic carbocycles. The van der Waals surface area contributed by atoms with Crippen LogP contribution in [-0.4, -0.2) is 5.71 Å². The second kappa shape index (κ2) is 6.27. The molecule has 0 unspecified atom stereocenters. The quantitative estimate of drug-likeness (QED) is 0.530. The average molecular weight is 137 g/mol. The summed E-state index contributed by atoms with van der Waals surface area (Å²) >= 11 is 0. The van der Waals surface area contributed by atoms with Crippen LogP contribution < -0.4 is 0 Å². The normalized spacial score (nSPS) is 13.7. The van der Waals surface area contributed by atoms with Gasteiger partial charge in [0.25, 0.3) is 0 Å². The fourth-order valence-corrected chi connectivity index (χ4v) is 0.560. The van der Waals surface area contributed by atoms with Crippen LogP contribution in [0.5, 0.6) is 0 Å². The van der Waals surface area contributed by atoms with Crippen molar-refractivity contribution in [2.75, 3.05) is 0 Å². The average Bonchev–Trinajstić information content (AvgIpc) is 1.89. The van der Waals surface area contributed by atoms with Gasteiger partial charge in [0.05, 0.1) is 0 Å². The van der Waals surface area contributed by atoms with Crippen LogP contribution in [0.4, 0.5) is 0 Å². The smallest absolute Gasteiger partial charge is 0.0369 e. The van der Waals surface area contributed by atoms with Crippen molar-refractivity contribution < 1.29 is 0 Å². The molecule has 0 amide bonds. The van der Waals surface area contributed by atoms with Gasteiger partial charge in [0.15, 0.2) is 0 Å². The largest absolute Gasteiger partial charge is 0.262 e. The van der Waals surface area contributed by atoms with Crippen molar-refractivity contribution >= 4 is 5.71 Å². The van der Waals surface area contributed by atoms with Crippen LogP contribution in [-0.2, 0) is 0 Å². The first-order chi connectivity index (χ1) is 4.81. The third kappa shape index (κ3) is 5.29. The van der Waals surface area contributed by atoms with Gasteiger partial charge in [-0.25, -0.2) is 0 Å². The molecule has 0 rings (SSSR count). The van der Waals surface area contributed by atoms with E-state index in [2.05, 4.69) is 11.9 Å². The minimum Gasteiger partial charge on any atom is -0.262 e. The number of allylic oxidation sites excluding steroid dienone is 3. The van der Waals surface area contributed by atoms with Gasteiger partial charge in [-0.1, -0.05) is 19.1 Å². The van der Waals surface area contributed by atoms with Gasteiger partial charge in [0.2, 0.25) is 0 Å². The van der Waals surface area contributed by atoms with Crippen LogP contribution >= 0.6 is 0 Å². The molecule has 0 atom stereocenters. The number of hydrogen-bond donors (Lipinski definition) is 0. The zero-order chi connectivity index (χ0) is 7.82. The molecule has 0 radical (unpaired) electrons. The molecule has 1 nitrogen and oxygen atoms in total. The first-order valence-corrected chi connectivity index (χ1v) is 3.63. The van der Waals surface area contributed by atoms with Crippen LogP contribution in [0.15, 0.2) is 29.4 Å². The van der Waals surface area contributed by atoms with E-state index in [1.54, 1.807) is 0 Å². The zero-order valence-corrected chi connectivity index (χ0v) is 6.96. The van der Waals surface area contributed by atoms with E-state index < -0.39 is 0 Å². The summed E-state index contributed by atoms with van der Waals surface area (Å²) in [7, 11) is 0. The van der Waals surface area contributed by atoms with Gasteiger partial charge in [0, 0.05) is 11.9 Å². The van der Waals surface area contributed by atoms with E-state index in [1.165, 1.54) is 0 Å². The van der Waals surface area contributed by atoms with Crippen molar-refractivity contribution in [1.82, 2.24) is 0 Å². The summed E-state index contributed by atoms with van der Waals surface area (Å²) in [6.45, 7) is 6.07. The summed E-state index contributed by atoms with van der Waals surface area (Å²) in [5, 5.41) is 0. The summed E-state index contributed by atoms with van der Waals surface area (Å²) in [4.78, 5) is 4.15. The van der Waals surface area contributed by atoms with Crippen molar-refractivity contribution in [2.45, 2.75) is 27.2 Å². The topological polar surface area (TPSA) is 12.4 Å². The summed E-state index contributed by atoms with van der Waals surface area (Å²) < 4.78 is 0. The molecule has 0 saturated heterocycles. The molecule has 56 valence electrons. The highest BCUT2D eigenvalue weighted by molar-refractivity contribution is 5.93. The first kappa shape index (κ1) is 9.15. The van der Waals surface area contributed by atoms with Crippen LogP contribution in [0.25, 0.3) is 0 Å². The highest BCUT2D eigenvalue weighted by Gasteiger charge is 1.75. The molecule has 0 bridgehead atoms. The Morgan fingerprint density at radius 2 is 2.20 bits per heavy atom. The van der Waals surface area contributed by atoms with Crippen LogP contribution in [0.2, 0.25) is 0 Å². The summed E-state index contributed by atoms with van der Waals surface area (Å²) in [6, 6.07) is 0. The second-order valence-electron chi connectivity index (χ2n) is 2.06. The van der Waals surface area contributed by atoms with Crippen molar-refractivity contribution in [2.24, 2.45) is 4.99 Å². The third-order valence-corrected chi connectivity index (χ3v) is 1.03. The van der Waals surface area contributed by atoms with Crippen molar-refractivity contribution in [3.8, 4) is 0 Å². The van der Waals surface area contributed by atoms with E-state index in [-0.39, 0.29) is 0 Å². The van der Waals surface area contributed by atoms with Crippen LogP contribution in [0.1, 0.15) is 27.2 Å². The molecular formula is C9H15N. The highest BCUT2D eigenvalue weighted by Crippen LogP contribution is 1.85. The van der Waals surface area contributed by atoms with E-state index in [1.807, 2.05) is 38.3 Å². The van der Waals surface area contributed by atoms with Crippen molar-refractivity contribution in [1.29, 1.82) is 0 Å². The lowest BCUT2D eigenvalue weighted by Crippen LogP contribution is -1.79. The Morgan fingerprint density at radius 1 is 1.50 bits per heavy atom. The molecule has 0 aromatic heterocycles. The van der Waals surface area contributed by atoms with Gasteiger partial charge < -0.3 is 0 Å². The first-order valence-electron chi connectivity index (χ1n) is 3.63. The molecule has 10 heavy (non-hydrogen) atoms. The molecule has 0 spiro atoms. The van der Waals surface area contributed by atoms with Gasteiger partial charge >= 0.3 is 0 Å². The van der Waals surface area contributed by atoms with Gasteiger partial charge in [0.1, 0.15) is 0 Å². The minimum atomic E-state index is 1.05. The van der Waals surface area contributed by atoms with E-state index in [0.29, 0.717) is 0 Å². The Labute approximate surface area is 63.2 Å². The van der Waals surface area contributed by atoms with Crippen molar-refractivity contribution in [3.05, 3.63) is 24.4 Å². The predicted molar refractivity (Wildman–Crippen MR) is 47.4 cm³/mol. The Hall–Kier alpha value is -0.850. The molecule has 0 aromatic rings. The summed E-state index contributed by atoms with van der Waals surface area (Å²) in [5.74, 6) is 0. The van der Waals surface area contributed by atoms with E-state index in [9.17, 15) is 0 Å². The molecule has 0 heterocycles. The molecule has 0 N–H and O–H groups in total. The fourth-order valence-electron chi connectivity index (χ4n) is 0.560. The number of nitrogens with zero attached hydrogens (tertiary/aromatic N) is 1. The maximum absolute atomic E-state index is 4.15. The van der Waals surface area contributed by atoms with Gasteiger partial charge in [-0.05, 0) is 26.3 Å². The molecule has 0 aliphatic carbocycles. The molecule has 0 aliphatic heterocycles. The molecule has 0 fully saturated rings. The standard InChI is InChI=1S/C9H15N/c1-4-6-8-10-9(3)7-5-2/h5-8H,4H2,1-3H3/b7-5+,8-6-,10-9-. The molecule has 0 aliphatic rings. The highest BCUT2D eigenvalue weighted by atomic mass is 14.7. The van der Waals surface area contributed by atoms with Gasteiger partial charge in [-0.3, -0.25) is 4.99 Å². The van der Waals surface area contributed by atoms with Crippen LogP contribution in [0.3, 0.4) is 0 Å². The number of hydrogen-bond acceptors (Lipinski definition) is 1. The SMILES string of the molecule is C/C=C/C(C)=N\C=C/CC. The summed E-state index contributed by atoms with van der Waals surface area (Å²) in [6.07, 6.45) is 8.90. The monoisotopic (exact) mass is 137 g/mol. The van der Waals surface area contributed by atoms with Crippen LogP contribution in [0, 0.1) is 0 Å². The van der Waals surface area contributed by atoms with E-state index >= 15 is 0 Å². The van der Waals surface area contributed by atoms with E-state index in [0.717, 1.165) is 12.1 Å². The lowest BCUT2D eigenvalue weighted by molar-refractivity contribution is 1.21. The Kier molecular flexibility index (Phi) is 5.74. The Bertz CT molecular complexity index is 152. The maximum atomic E-state index is 4.15. The maximum Gasteiger partial charge on any atom is 0.0369 e.